The lowest BCUT2D eigenvalue weighted by Crippen LogP contribution is -2.51. The number of hydrogen-bond donors (Lipinski definition) is 0. The number of hydrogen-bond acceptors (Lipinski definition) is 0. The van der Waals surface area contributed by atoms with E-state index < -0.39 is 97.5 Å². The molecule has 0 spiro atoms. The van der Waals surface area contributed by atoms with Gasteiger partial charge in [0.05, 0.1) is 21.7 Å². The van der Waals surface area contributed by atoms with Gasteiger partial charge in [0.2, 0.25) is 0 Å². The Bertz CT molecular complexity index is 1320. The Kier molecular flexibility index (Phi) is 5.26. The van der Waals surface area contributed by atoms with Crippen LogP contribution in [0.1, 0.15) is 5.56 Å². The minimum atomic E-state index is -7.31. The minimum absolute atomic E-state index is 2.43. The Morgan fingerprint density at radius 3 is 0.909 bits per heavy atom. The van der Waals surface area contributed by atoms with Crippen LogP contribution in [-0.2, 0) is 5.67 Å². The molecule has 0 heterocycles. The Labute approximate surface area is 169 Å². The van der Waals surface area contributed by atoms with Crippen LogP contribution in [0.4, 0.5) is 70.2 Å². The average Bonchev–Trinajstić information content (AvgIpc) is 2.68. The van der Waals surface area contributed by atoms with Crippen molar-refractivity contribution in [3.8, 4) is 0 Å². The van der Waals surface area contributed by atoms with Crippen molar-refractivity contribution in [2.24, 2.45) is 0 Å². The second-order valence-electron chi connectivity index (χ2n) is 6.35. The summed E-state index contributed by atoms with van der Waals surface area (Å²) in [4.78, 5) is 0. The second kappa shape index (κ2) is 7.03. The van der Waals surface area contributed by atoms with E-state index in [4.69, 9.17) is 0 Å². The Hall–Kier alpha value is -2.94. The lowest BCUT2D eigenvalue weighted by Gasteiger charge is -2.32. The number of alkyl halides is 7. The van der Waals surface area contributed by atoms with E-state index in [0.29, 0.717) is 0 Å². The van der Waals surface area contributed by atoms with E-state index in [2.05, 4.69) is 0 Å². The first-order valence-electron chi connectivity index (χ1n) is 7.77. The van der Waals surface area contributed by atoms with Crippen molar-refractivity contribution in [3.63, 3.8) is 0 Å². The largest absolute Gasteiger partial charge is 0.436 e. The highest BCUT2D eigenvalue weighted by Crippen LogP contribution is 2.57. The second-order valence-corrected chi connectivity index (χ2v) is 6.35. The lowest BCUT2D eigenvalue weighted by atomic mass is 9.86. The molecule has 3 rings (SSSR count). The van der Waals surface area contributed by atoms with Crippen molar-refractivity contribution < 1.29 is 70.2 Å². The Morgan fingerprint density at radius 2 is 0.576 bits per heavy atom. The number of benzene rings is 3. The zero-order valence-corrected chi connectivity index (χ0v) is 14.5. The average molecular weight is 508 g/mol. The van der Waals surface area contributed by atoms with Gasteiger partial charge in [-0.2, -0.15) is 26.3 Å². The minimum Gasteiger partial charge on any atom is -0.218 e. The van der Waals surface area contributed by atoms with Gasteiger partial charge >= 0.3 is 18.0 Å². The van der Waals surface area contributed by atoms with Crippen molar-refractivity contribution in [3.05, 3.63) is 57.9 Å². The predicted octanol–water partition coefficient (Wildman–Crippen LogP) is 7.53. The van der Waals surface area contributed by atoms with Crippen LogP contribution in [-0.4, -0.2) is 12.4 Å². The summed E-state index contributed by atoms with van der Waals surface area (Å²) >= 11 is 0. The summed E-state index contributed by atoms with van der Waals surface area (Å²) < 4.78 is 219. The highest BCUT2D eigenvalue weighted by molar-refractivity contribution is 6.02. The Balaban J connectivity index is 2.86. The monoisotopic (exact) mass is 508 g/mol. The van der Waals surface area contributed by atoms with Crippen LogP contribution >= 0.6 is 0 Å². The van der Waals surface area contributed by atoms with E-state index in [1.165, 1.54) is 0 Å². The standard InChI is InChI=1S/C17F16/c18-6-1-2(7(19)4-3(6)9(21)13(25)14(26)10(4)22)8(20)12(24)11(23)5(1)15(27,16(28,29)30)17(31,32)33. The SMILES string of the molecule is Fc1c(F)c(F)c2c(F)c3c(C(F)(C(F)(F)F)C(F)(F)F)c(F)c(F)c(F)c3c(F)c2c1F. The van der Waals surface area contributed by atoms with Gasteiger partial charge in [-0.25, -0.2) is 43.9 Å². The summed E-state index contributed by atoms with van der Waals surface area (Å²) in [6.45, 7) is 0. The first-order valence-corrected chi connectivity index (χ1v) is 7.77. The highest BCUT2D eigenvalue weighted by atomic mass is 19.4. The van der Waals surface area contributed by atoms with E-state index in [1.54, 1.807) is 0 Å². The maximum atomic E-state index is 14.8. The van der Waals surface area contributed by atoms with Crippen molar-refractivity contribution in [1.82, 2.24) is 0 Å². The smallest absolute Gasteiger partial charge is 0.218 e. The van der Waals surface area contributed by atoms with Gasteiger partial charge in [0.1, 0.15) is 11.6 Å². The van der Waals surface area contributed by atoms with E-state index in [-0.39, 0.29) is 0 Å². The van der Waals surface area contributed by atoms with Crippen molar-refractivity contribution >= 4 is 21.5 Å². The summed E-state index contributed by atoms with van der Waals surface area (Å²) in [5.41, 5.74) is -10.8. The molecule has 3 aromatic carbocycles. The molecule has 0 atom stereocenters. The summed E-state index contributed by atoms with van der Waals surface area (Å²) in [5, 5.41) is -10.8. The fourth-order valence-electron chi connectivity index (χ4n) is 3.15. The first kappa shape index (κ1) is 24.7. The van der Waals surface area contributed by atoms with Crippen LogP contribution in [0.5, 0.6) is 0 Å². The van der Waals surface area contributed by atoms with Gasteiger partial charge in [0, 0.05) is 5.39 Å². The number of rotatable bonds is 1. The zero-order chi connectivity index (χ0) is 25.6. The molecule has 0 aromatic heterocycles. The molecule has 33 heavy (non-hydrogen) atoms. The molecule has 0 nitrogen and oxygen atoms in total. The molecule has 0 saturated heterocycles. The van der Waals surface area contributed by atoms with Gasteiger partial charge in [-0.3, -0.25) is 0 Å². The summed E-state index contributed by atoms with van der Waals surface area (Å²) in [6, 6.07) is 0. The summed E-state index contributed by atoms with van der Waals surface area (Å²) in [6.07, 6.45) is -14.6. The van der Waals surface area contributed by atoms with Gasteiger partial charge in [-0.1, -0.05) is 0 Å². The molecule has 0 amide bonds. The molecule has 0 bridgehead atoms. The third kappa shape index (κ3) is 2.94. The van der Waals surface area contributed by atoms with Crippen LogP contribution < -0.4 is 0 Å². The van der Waals surface area contributed by atoms with Gasteiger partial charge < -0.3 is 0 Å². The highest BCUT2D eigenvalue weighted by Gasteiger charge is 2.75. The fraction of sp³-hybridized carbons (Fsp3) is 0.176. The van der Waals surface area contributed by atoms with Crippen molar-refractivity contribution in [2.75, 3.05) is 0 Å². The Morgan fingerprint density at radius 1 is 0.303 bits per heavy atom. The van der Waals surface area contributed by atoms with E-state index >= 15 is 0 Å². The third-order valence-electron chi connectivity index (χ3n) is 4.60. The maximum Gasteiger partial charge on any atom is 0.436 e. The van der Waals surface area contributed by atoms with E-state index in [9.17, 15) is 70.2 Å². The van der Waals surface area contributed by atoms with E-state index in [0.717, 1.165) is 0 Å². The molecular weight excluding hydrogens is 508 g/mol. The quantitative estimate of drug-likeness (QED) is 0.138. The first-order chi connectivity index (χ1) is 14.8. The summed E-state index contributed by atoms with van der Waals surface area (Å²) in [7, 11) is 0. The van der Waals surface area contributed by atoms with E-state index in [1.807, 2.05) is 0 Å². The van der Waals surface area contributed by atoms with Crippen LogP contribution in [0.15, 0.2) is 0 Å². The fourth-order valence-corrected chi connectivity index (χ4v) is 3.15. The molecule has 0 saturated carbocycles. The van der Waals surface area contributed by atoms with Crippen LogP contribution in [0.2, 0.25) is 0 Å². The van der Waals surface area contributed by atoms with Crippen molar-refractivity contribution in [1.29, 1.82) is 0 Å². The molecule has 0 aliphatic heterocycles. The van der Waals surface area contributed by atoms with Crippen LogP contribution in [0, 0.1) is 52.4 Å². The normalized spacial score (nSPS) is 13.5. The molecular formula is C17F16. The number of fused-ring (bicyclic) bond motifs is 2. The van der Waals surface area contributed by atoms with Gasteiger partial charge in [0.15, 0.2) is 40.7 Å². The molecule has 0 radical (unpaired) electrons. The molecule has 3 aromatic rings. The molecule has 0 N–H and O–H groups in total. The summed E-state index contributed by atoms with van der Waals surface area (Å²) in [5.74, 6) is -28.1. The lowest BCUT2D eigenvalue weighted by molar-refractivity contribution is -0.349. The molecule has 0 unspecified atom stereocenters. The van der Waals surface area contributed by atoms with Gasteiger partial charge in [-0.15, -0.1) is 0 Å². The van der Waals surface area contributed by atoms with Crippen LogP contribution in [0.25, 0.3) is 21.5 Å². The molecule has 0 aliphatic carbocycles. The zero-order valence-electron chi connectivity index (χ0n) is 14.5. The van der Waals surface area contributed by atoms with Crippen molar-refractivity contribution in [2.45, 2.75) is 18.0 Å². The molecule has 16 heteroatoms. The topological polar surface area (TPSA) is 0 Å². The van der Waals surface area contributed by atoms with Gasteiger partial charge in [-0.05, 0) is 0 Å². The molecule has 180 valence electrons. The maximum absolute atomic E-state index is 14.8. The van der Waals surface area contributed by atoms with Crippen LogP contribution in [0.3, 0.4) is 0 Å². The molecule has 0 aliphatic rings. The predicted molar refractivity (Wildman–Crippen MR) is 76.0 cm³/mol. The number of halogens is 16. The molecule has 0 fully saturated rings. The third-order valence-corrected chi connectivity index (χ3v) is 4.60. The van der Waals surface area contributed by atoms with Gasteiger partial charge in [0.25, 0.3) is 0 Å².